The van der Waals surface area contributed by atoms with Crippen LogP contribution in [0.1, 0.15) is 44.9 Å². The van der Waals surface area contributed by atoms with Crippen molar-refractivity contribution in [1.82, 2.24) is 10.2 Å². The summed E-state index contributed by atoms with van der Waals surface area (Å²) >= 11 is 0. The molecule has 2 unspecified atom stereocenters. The maximum atomic E-state index is 12.7. The molecule has 0 amide bonds. The maximum absolute atomic E-state index is 12.7. The first-order valence-corrected chi connectivity index (χ1v) is 7.92. The molecule has 2 saturated carbocycles. The molecule has 3 aliphatic rings. The number of piperazine rings is 1. The molecule has 3 heteroatoms. The predicted octanol–water partition coefficient (Wildman–Crippen LogP) is 2.59. The first kappa shape index (κ1) is 12.9. The molecule has 2 atom stereocenters. The van der Waals surface area contributed by atoms with Crippen molar-refractivity contribution in [1.29, 1.82) is 0 Å². The largest absolute Gasteiger partial charge is 0.311 e. The third-order valence-electron chi connectivity index (χ3n) is 5.25. The number of alkyl halides is 1. The second kappa shape index (κ2) is 5.87. The summed E-state index contributed by atoms with van der Waals surface area (Å²) in [5.74, 6) is 1.71. The van der Waals surface area contributed by atoms with Crippen molar-refractivity contribution < 1.29 is 4.39 Å². The maximum Gasteiger partial charge on any atom is 0.102 e. The van der Waals surface area contributed by atoms with E-state index in [0.29, 0.717) is 18.6 Å². The molecule has 18 heavy (non-hydrogen) atoms. The van der Waals surface area contributed by atoms with Crippen molar-refractivity contribution in [2.24, 2.45) is 11.8 Å². The lowest BCUT2D eigenvalue weighted by molar-refractivity contribution is 0.0791. The summed E-state index contributed by atoms with van der Waals surface area (Å²) in [5.41, 5.74) is 0. The fraction of sp³-hybridized carbons (Fsp3) is 1.00. The van der Waals surface area contributed by atoms with Gasteiger partial charge in [-0.15, -0.1) is 0 Å². The van der Waals surface area contributed by atoms with Crippen LogP contribution in [0, 0.1) is 11.8 Å². The number of rotatable bonds is 4. The van der Waals surface area contributed by atoms with Gasteiger partial charge in [-0.3, -0.25) is 4.90 Å². The molecular weight excluding hydrogens is 227 g/mol. The van der Waals surface area contributed by atoms with Crippen LogP contribution in [0.25, 0.3) is 0 Å². The van der Waals surface area contributed by atoms with Crippen LogP contribution >= 0.6 is 0 Å². The highest BCUT2D eigenvalue weighted by atomic mass is 19.1. The van der Waals surface area contributed by atoms with Crippen molar-refractivity contribution in [3.8, 4) is 0 Å². The van der Waals surface area contributed by atoms with E-state index >= 15 is 0 Å². The first-order valence-electron chi connectivity index (χ1n) is 7.92. The highest BCUT2D eigenvalue weighted by molar-refractivity contribution is 4.96. The molecule has 1 N–H and O–H groups in total. The summed E-state index contributed by atoms with van der Waals surface area (Å²) in [7, 11) is 0. The van der Waals surface area contributed by atoms with Crippen molar-refractivity contribution in [2.45, 2.75) is 57.0 Å². The van der Waals surface area contributed by atoms with Gasteiger partial charge < -0.3 is 5.32 Å². The lowest BCUT2D eigenvalue weighted by Crippen LogP contribution is -2.59. The fourth-order valence-corrected chi connectivity index (χ4v) is 4.02. The zero-order valence-electron chi connectivity index (χ0n) is 11.4. The monoisotopic (exact) mass is 254 g/mol. The first-order chi connectivity index (χ1) is 8.88. The van der Waals surface area contributed by atoms with Crippen LogP contribution in [-0.4, -0.2) is 43.3 Å². The second-order valence-electron chi connectivity index (χ2n) is 6.50. The van der Waals surface area contributed by atoms with Crippen LogP contribution < -0.4 is 5.32 Å². The normalized spacial score (nSPS) is 35.8. The van der Waals surface area contributed by atoms with Crippen LogP contribution in [0.4, 0.5) is 4.39 Å². The minimum atomic E-state index is -0.180. The minimum absolute atomic E-state index is 0.180. The van der Waals surface area contributed by atoms with Crippen LogP contribution in [0.3, 0.4) is 0 Å². The lowest BCUT2D eigenvalue weighted by Gasteiger charge is -2.44. The Morgan fingerprint density at radius 2 is 1.78 bits per heavy atom. The molecule has 0 aromatic carbocycles. The number of hydrogen-bond donors (Lipinski definition) is 1. The topological polar surface area (TPSA) is 15.3 Å². The zero-order chi connectivity index (χ0) is 12.4. The van der Waals surface area contributed by atoms with Crippen LogP contribution in [0.2, 0.25) is 0 Å². The SMILES string of the molecule is FCCN1CC(C2CCCCC2)NCC1C1CC1. The predicted molar refractivity (Wildman–Crippen MR) is 72.4 cm³/mol. The lowest BCUT2D eigenvalue weighted by atomic mass is 9.82. The zero-order valence-corrected chi connectivity index (χ0v) is 11.4. The third kappa shape index (κ3) is 2.88. The Morgan fingerprint density at radius 1 is 1.00 bits per heavy atom. The Bertz CT molecular complexity index is 261. The van der Waals surface area contributed by atoms with Gasteiger partial charge in [-0.25, -0.2) is 4.39 Å². The highest BCUT2D eigenvalue weighted by Crippen LogP contribution is 2.37. The van der Waals surface area contributed by atoms with E-state index in [2.05, 4.69) is 10.2 Å². The Balaban J connectivity index is 1.57. The average Bonchev–Trinajstić information content (AvgIpc) is 3.24. The Kier molecular flexibility index (Phi) is 4.20. The van der Waals surface area contributed by atoms with Gasteiger partial charge >= 0.3 is 0 Å². The summed E-state index contributed by atoms with van der Waals surface area (Å²) in [4.78, 5) is 2.45. The van der Waals surface area contributed by atoms with E-state index in [0.717, 1.165) is 24.9 Å². The van der Waals surface area contributed by atoms with E-state index in [1.54, 1.807) is 0 Å². The molecule has 0 aromatic heterocycles. The molecule has 0 radical (unpaired) electrons. The molecule has 3 rings (SSSR count). The number of halogens is 1. The van der Waals surface area contributed by atoms with Crippen LogP contribution in [-0.2, 0) is 0 Å². The number of nitrogens with zero attached hydrogens (tertiary/aromatic N) is 1. The van der Waals surface area contributed by atoms with Gasteiger partial charge in [0, 0.05) is 31.7 Å². The van der Waals surface area contributed by atoms with Gasteiger partial charge in [0.2, 0.25) is 0 Å². The Labute approximate surface area is 110 Å². The summed E-state index contributed by atoms with van der Waals surface area (Å²) < 4.78 is 12.7. The molecule has 0 bridgehead atoms. The van der Waals surface area contributed by atoms with Crippen LogP contribution in [0.5, 0.6) is 0 Å². The van der Waals surface area contributed by atoms with Crippen molar-refractivity contribution in [3.05, 3.63) is 0 Å². The van der Waals surface area contributed by atoms with Gasteiger partial charge in [0.05, 0.1) is 0 Å². The highest BCUT2D eigenvalue weighted by Gasteiger charge is 2.40. The number of nitrogens with one attached hydrogen (secondary N) is 1. The summed E-state index contributed by atoms with van der Waals surface area (Å²) in [6, 6.07) is 1.26. The van der Waals surface area contributed by atoms with E-state index in [1.165, 1.54) is 44.9 Å². The van der Waals surface area contributed by atoms with E-state index in [1.807, 2.05) is 0 Å². The molecule has 2 nitrogen and oxygen atoms in total. The summed E-state index contributed by atoms with van der Waals surface area (Å²) in [6.07, 6.45) is 9.72. The Hall–Kier alpha value is -0.150. The smallest absolute Gasteiger partial charge is 0.102 e. The summed E-state index contributed by atoms with van der Waals surface area (Å²) in [5, 5.41) is 3.78. The summed E-state index contributed by atoms with van der Waals surface area (Å²) in [6.45, 7) is 2.67. The van der Waals surface area contributed by atoms with Crippen molar-refractivity contribution in [3.63, 3.8) is 0 Å². The van der Waals surface area contributed by atoms with Gasteiger partial charge in [-0.1, -0.05) is 19.3 Å². The van der Waals surface area contributed by atoms with Gasteiger partial charge in [-0.05, 0) is 37.5 Å². The molecule has 3 fully saturated rings. The van der Waals surface area contributed by atoms with E-state index < -0.39 is 0 Å². The standard InChI is InChI=1S/C15H27FN2/c16-8-9-18-11-14(12-4-2-1-3-5-12)17-10-15(18)13-6-7-13/h12-15,17H,1-11H2. The van der Waals surface area contributed by atoms with Gasteiger partial charge in [0.15, 0.2) is 0 Å². The second-order valence-corrected chi connectivity index (χ2v) is 6.50. The Morgan fingerprint density at radius 3 is 2.44 bits per heavy atom. The fourth-order valence-electron chi connectivity index (χ4n) is 4.02. The van der Waals surface area contributed by atoms with Crippen molar-refractivity contribution in [2.75, 3.05) is 26.3 Å². The molecule has 2 aliphatic carbocycles. The van der Waals surface area contributed by atoms with E-state index in [-0.39, 0.29) is 6.67 Å². The molecule has 1 saturated heterocycles. The number of hydrogen-bond acceptors (Lipinski definition) is 2. The molecule has 104 valence electrons. The molecule has 0 aromatic rings. The minimum Gasteiger partial charge on any atom is -0.311 e. The van der Waals surface area contributed by atoms with E-state index in [4.69, 9.17) is 0 Å². The molecule has 1 aliphatic heterocycles. The quantitative estimate of drug-likeness (QED) is 0.829. The van der Waals surface area contributed by atoms with Crippen LogP contribution in [0.15, 0.2) is 0 Å². The van der Waals surface area contributed by atoms with Crippen molar-refractivity contribution >= 4 is 0 Å². The average molecular weight is 254 g/mol. The van der Waals surface area contributed by atoms with E-state index in [9.17, 15) is 4.39 Å². The molecule has 0 spiro atoms. The molecular formula is C15H27FN2. The van der Waals surface area contributed by atoms with Gasteiger partial charge in [0.25, 0.3) is 0 Å². The molecule has 1 heterocycles. The third-order valence-corrected chi connectivity index (χ3v) is 5.25. The van der Waals surface area contributed by atoms with Gasteiger partial charge in [0.1, 0.15) is 6.67 Å². The van der Waals surface area contributed by atoms with Gasteiger partial charge in [-0.2, -0.15) is 0 Å².